The summed E-state index contributed by atoms with van der Waals surface area (Å²) in [7, 11) is -4.06. The Kier molecular flexibility index (Phi) is 4.37. The van der Waals surface area contributed by atoms with Gasteiger partial charge in [0.05, 0.1) is 0 Å². The molecule has 0 amide bonds. The Bertz CT molecular complexity index is 463. The van der Waals surface area contributed by atoms with Gasteiger partial charge in [0.2, 0.25) is 0 Å². The van der Waals surface area contributed by atoms with Crippen LogP contribution in [0.15, 0.2) is 30.3 Å². The second-order valence-electron chi connectivity index (χ2n) is 4.71. The van der Waals surface area contributed by atoms with Crippen molar-refractivity contribution in [2.24, 2.45) is 5.92 Å². The molecule has 0 saturated carbocycles. The summed E-state index contributed by atoms with van der Waals surface area (Å²) in [5, 5.41) is -0.818. The molecule has 0 bridgehead atoms. The van der Waals surface area contributed by atoms with Crippen molar-refractivity contribution >= 4 is 10.1 Å². The fourth-order valence-corrected chi connectivity index (χ4v) is 3.40. The lowest BCUT2D eigenvalue weighted by Crippen LogP contribution is -2.21. The summed E-state index contributed by atoms with van der Waals surface area (Å²) in [6.45, 7) is 1.36. The fourth-order valence-electron chi connectivity index (χ4n) is 2.38. The number of hydrogen-bond donors (Lipinski definition) is 1. The van der Waals surface area contributed by atoms with Crippen LogP contribution < -0.4 is 0 Å². The molecule has 4 nitrogen and oxygen atoms in total. The second-order valence-corrected chi connectivity index (χ2v) is 6.30. The molecule has 2 rings (SSSR count). The quantitative estimate of drug-likeness (QED) is 0.853. The molecule has 1 aliphatic rings. The molecule has 1 aromatic carbocycles. The van der Waals surface area contributed by atoms with E-state index in [-0.39, 0.29) is 0 Å². The first-order valence-corrected chi connectivity index (χ1v) is 7.66. The van der Waals surface area contributed by atoms with E-state index in [1.165, 1.54) is 0 Å². The minimum atomic E-state index is -4.06. The minimum absolute atomic E-state index is 0.297. The normalized spacial score (nSPS) is 19.6. The van der Waals surface area contributed by atoms with Gasteiger partial charge in [-0.25, -0.2) is 0 Å². The molecular weight excluding hydrogens is 252 g/mol. The van der Waals surface area contributed by atoms with Crippen LogP contribution in [0.4, 0.5) is 0 Å². The van der Waals surface area contributed by atoms with E-state index >= 15 is 0 Å². The van der Waals surface area contributed by atoms with Gasteiger partial charge in [0.15, 0.2) is 0 Å². The maximum absolute atomic E-state index is 11.5. The van der Waals surface area contributed by atoms with Crippen LogP contribution in [0.2, 0.25) is 0 Å². The van der Waals surface area contributed by atoms with Gasteiger partial charge in [0, 0.05) is 13.2 Å². The van der Waals surface area contributed by atoms with Crippen molar-refractivity contribution in [2.45, 2.75) is 24.5 Å². The van der Waals surface area contributed by atoms with Crippen LogP contribution in [-0.4, -0.2) is 26.2 Å². The fraction of sp³-hybridized carbons (Fsp3) is 0.538. The molecule has 1 saturated heterocycles. The highest BCUT2D eigenvalue weighted by Gasteiger charge is 2.29. The van der Waals surface area contributed by atoms with Crippen molar-refractivity contribution < 1.29 is 17.7 Å². The van der Waals surface area contributed by atoms with Crippen LogP contribution in [0.25, 0.3) is 0 Å². The summed E-state index contributed by atoms with van der Waals surface area (Å²) in [5.74, 6) is 0.297. The van der Waals surface area contributed by atoms with E-state index in [0.717, 1.165) is 12.8 Å². The summed E-state index contributed by atoms with van der Waals surface area (Å²) in [4.78, 5) is 0. The molecule has 1 aromatic rings. The second kappa shape index (κ2) is 5.82. The first kappa shape index (κ1) is 13.5. The lowest BCUT2D eigenvalue weighted by atomic mass is 9.92. The van der Waals surface area contributed by atoms with Gasteiger partial charge in [0.25, 0.3) is 10.1 Å². The van der Waals surface area contributed by atoms with Crippen LogP contribution >= 0.6 is 0 Å². The topological polar surface area (TPSA) is 63.6 Å². The van der Waals surface area contributed by atoms with Crippen molar-refractivity contribution in [3.63, 3.8) is 0 Å². The third-order valence-corrected chi connectivity index (χ3v) is 4.60. The molecule has 5 heteroatoms. The van der Waals surface area contributed by atoms with Crippen LogP contribution in [0.5, 0.6) is 0 Å². The molecule has 1 fully saturated rings. The average Bonchev–Trinajstić information content (AvgIpc) is 2.37. The van der Waals surface area contributed by atoms with Crippen LogP contribution in [0.3, 0.4) is 0 Å². The molecule has 1 unspecified atom stereocenters. The highest BCUT2D eigenvalue weighted by molar-refractivity contribution is 7.86. The Morgan fingerprint density at radius 2 is 1.83 bits per heavy atom. The van der Waals surface area contributed by atoms with Gasteiger partial charge in [-0.1, -0.05) is 30.3 Å². The zero-order valence-corrected chi connectivity index (χ0v) is 11.0. The van der Waals surface area contributed by atoms with Gasteiger partial charge in [-0.2, -0.15) is 8.42 Å². The largest absolute Gasteiger partial charge is 0.381 e. The SMILES string of the molecule is O=S(=O)(O)C(CC1CCOCC1)c1ccccc1. The molecule has 1 heterocycles. The van der Waals surface area contributed by atoms with E-state index in [0.29, 0.717) is 31.1 Å². The minimum Gasteiger partial charge on any atom is -0.381 e. The molecule has 0 aromatic heterocycles. The third-order valence-electron chi connectivity index (χ3n) is 3.42. The third kappa shape index (κ3) is 3.54. The first-order chi connectivity index (χ1) is 8.57. The molecule has 1 atom stereocenters. The summed E-state index contributed by atoms with van der Waals surface area (Å²) < 4.78 is 37.7. The van der Waals surface area contributed by atoms with E-state index in [1.54, 1.807) is 24.3 Å². The molecule has 100 valence electrons. The van der Waals surface area contributed by atoms with E-state index in [1.807, 2.05) is 6.07 Å². The molecule has 0 spiro atoms. The van der Waals surface area contributed by atoms with E-state index in [4.69, 9.17) is 4.74 Å². The van der Waals surface area contributed by atoms with Crippen LogP contribution in [0, 0.1) is 5.92 Å². The van der Waals surface area contributed by atoms with Crippen LogP contribution in [0.1, 0.15) is 30.1 Å². The monoisotopic (exact) mass is 270 g/mol. The van der Waals surface area contributed by atoms with Gasteiger partial charge in [-0.15, -0.1) is 0 Å². The number of hydrogen-bond acceptors (Lipinski definition) is 3. The number of rotatable bonds is 4. The van der Waals surface area contributed by atoms with Crippen molar-refractivity contribution in [1.82, 2.24) is 0 Å². The summed E-state index contributed by atoms with van der Waals surface area (Å²) in [6, 6.07) is 8.91. The Hall–Kier alpha value is -0.910. The van der Waals surface area contributed by atoms with Gasteiger partial charge in [-0.05, 0) is 30.7 Å². The summed E-state index contributed by atoms with van der Waals surface area (Å²) in [6.07, 6.45) is 2.18. The van der Waals surface area contributed by atoms with Gasteiger partial charge in [-0.3, -0.25) is 4.55 Å². The van der Waals surface area contributed by atoms with Crippen molar-refractivity contribution in [2.75, 3.05) is 13.2 Å². The van der Waals surface area contributed by atoms with Crippen LogP contribution in [-0.2, 0) is 14.9 Å². The number of benzene rings is 1. The highest BCUT2D eigenvalue weighted by atomic mass is 32.2. The standard InChI is InChI=1S/C13H18O4S/c14-18(15,16)13(12-4-2-1-3-5-12)10-11-6-8-17-9-7-11/h1-5,11,13H,6-10H2,(H,14,15,16). The lowest BCUT2D eigenvalue weighted by molar-refractivity contribution is 0.0633. The number of ether oxygens (including phenoxy) is 1. The highest BCUT2D eigenvalue weighted by Crippen LogP contribution is 2.32. The Morgan fingerprint density at radius 1 is 1.22 bits per heavy atom. The molecule has 1 aliphatic heterocycles. The Morgan fingerprint density at radius 3 is 2.39 bits per heavy atom. The molecule has 1 N–H and O–H groups in total. The van der Waals surface area contributed by atoms with Gasteiger partial charge in [0.1, 0.15) is 5.25 Å². The summed E-state index contributed by atoms with van der Waals surface area (Å²) >= 11 is 0. The molecule has 0 aliphatic carbocycles. The van der Waals surface area contributed by atoms with E-state index in [9.17, 15) is 13.0 Å². The molecular formula is C13H18O4S. The predicted molar refractivity (Wildman–Crippen MR) is 68.9 cm³/mol. The van der Waals surface area contributed by atoms with E-state index in [2.05, 4.69) is 0 Å². The zero-order chi connectivity index (χ0) is 13.0. The van der Waals surface area contributed by atoms with Crippen molar-refractivity contribution in [1.29, 1.82) is 0 Å². The zero-order valence-electron chi connectivity index (χ0n) is 10.2. The Balaban J connectivity index is 2.16. The maximum atomic E-state index is 11.5. The molecule has 0 radical (unpaired) electrons. The molecule has 18 heavy (non-hydrogen) atoms. The van der Waals surface area contributed by atoms with Gasteiger partial charge >= 0.3 is 0 Å². The Labute approximate surface area is 108 Å². The predicted octanol–water partition coefficient (Wildman–Crippen LogP) is 2.43. The van der Waals surface area contributed by atoms with E-state index < -0.39 is 15.4 Å². The van der Waals surface area contributed by atoms with Gasteiger partial charge < -0.3 is 4.74 Å². The lowest BCUT2D eigenvalue weighted by Gasteiger charge is -2.25. The van der Waals surface area contributed by atoms with Crippen molar-refractivity contribution in [3.05, 3.63) is 35.9 Å². The smallest absolute Gasteiger partial charge is 0.271 e. The summed E-state index contributed by atoms with van der Waals surface area (Å²) in [5.41, 5.74) is 0.659. The average molecular weight is 270 g/mol. The van der Waals surface area contributed by atoms with Crippen molar-refractivity contribution in [3.8, 4) is 0 Å². The maximum Gasteiger partial charge on any atom is 0.271 e. The first-order valence-electron chi connectivity index (χ1n) is 6.16.